The Morgan fingerprint density at radius 3 is 2.77 bits per heavy atom. The van der Waals surface area contributed by atoms with Gasteiger partial charge in [-0.2, -0.15) is 10.1 Å². The fourth-order valence-electron chi connectivity index (χ4n) is 2.69. The first kappa shape index (κ1) is 16.5. The van der Waals surface area contributed by atoms with Gasteiger partial charge >= 0.3 is 0 Å². The standard InChI is InChI=1S/C17H15ClN6O2/c1-11-16-17(25)23(10-20-24(16)9-19-11)8-15-21-14(22-26-15)7-4-12-2-5-13(18)6-3-12/h2-3,5-6,9-10H,4,7-8H2,1H3. The first-order valence-corrected chi connectivity index (χ1v) is 8.43. The minimum absolute atomic E-state index is 0.168. The maximum atomic E-state index is 12.5. The van der Waals surface area contributed by atoms with E-state index in [0.717, 1.165) is 12.0 Å². The zero-order valence-electron chi connectivity index (χ0n) is 14.0. The van der Waals surface area contributed by atoms with E-state index in [1.54, 1.807) is 6.92 Å². The Kier molecular flexibility index (Phi) is 4.26. The van der Waals surface area contributed by atoms with Crippen molar-refractivity contribution in [3.8, 4) is 0 Å². The highest BCUT2D eigenvalue weighted by atomic mass is 35.5. The number of hydrogen-bond acceptors (Lipinski definition) is 6. The van der Waals surface area contributed by atoms with Gasteiger partial charge in [-0.15, -0.1) is 0 Å². The number of aryl methyl sites for hydroxylation is 3. The molecule has 0 saturated heterocycles. The van der Waals surface area contributed by atoms with E-state index >= 15 is 0 Å². The molecule has 0 saturated carbocycles. The molecule has 0 radical (unpaired) electrons. The van der Waals surface area contributed by atoms with E-state index in [2.05, 4.69) is 20.2 Å². The maximum absolute atomic E-state index is 12.5. The lowest BCUT2D eigenvalue weighted by atomic mass is 10.1. The van der Waals surface area contributed by atoms with Crippen molar-refractivity contribution in [3.05, 3.63) is 75.3 Å². The number of imidazole rings is 1. The first-order valence-electron chi connectivity index (χ1n) is 8.05. The van der Waals surface area contributed by atoms with Crippen LogP contribution in [0.2, 0.25) is 5.02 Å². The van der Waals surface area contributed by atoms with Crippen LogP contribution in [0.1, 0.15) is 23.0 Å². The van der Waals surface area contributed by atoms with Crippen molar-refractivity contribution in [2.45, 2.75) is 26.3 Å². The summed E-state index contributed by atoms with van der Waals surface area (Å²) in [5.74, 6) is 0.957. The van der Waals surface area contributed by atoms with Gasteiger partial charge in [0.25, 0.3) is 5.56 Å². The lowest BCUT2D eigenvalue weighted by Crippen LogP contribution is -2.23. The molecule has 0 aliphatic carbocycles. The van der Waals surface area contributed by atoms with Crippen LogP contribution in [0, 0.1) is 6.92 Å². The monoisotopic (exact) mass is 370 g/mol. The van der Waals surface area contributed by atoms with Gasteiger partial charge in [-0.25, -0.2) is 9.50 Å². The van der Waals surface area contributed by atoms with Crippen LogP contribution in [0.3, 0.4) is 0 Å². The van der Waals surface area contributed by atoms with Crippen LogP contribution in [-0.2, 0) is 19.4 Å². The second-order valence-electron chi connectivity index (χ2n) is 5.92. The molecule has 0 bridgehead atoms. The molecule has 0 spiro atoms. The fraction of sp³-hybridized carbons (Fsp3) is 0.235. The summed E-state index contributed by atoms with van der Waals surface area (Å²) < 4.78 is 8.15. The Hall–Kier alpha value is -3.00. The quantitative estimate of drug-likeness (QED) is 0.534. The lowest BCUT2D eigenvalue weighted by molar-refractivity contribution is 0.364. The number of nitrogens with zero attached hydrogens (tertiary/aromatic N) is 6. The zero-order valence-corrected chi connectivity index (χ0v) is 14.7. The summed E-state index contributed by atoms with van der Waals surface area (Å²) in [6, 6.07) is 7.65. The largest absolute Gasteiger partial charge is 0.337 e. The highest BCUT2D eigenvalue weighted by molar-refractivity contribution is 6.30. The maximum Gasteiger partial charge on any atom is 0.280 e. The van der Waals surface area contributed by atoms with Gasteiger partial charge in [-0.3, -0.25) is 9.36 Å². The molecule has 9 heteroatoms. The van der Waals surface area contributed by atoms with Crippen LogP contribution < -0.4 is 5.56 Å². The lowest BCUT2D eigenvalue weighted by Gasteiger charge is -2.02. The summed E-state index contributed by atoms with van der Waals surface area (Å²) in [6.07, 6.45) is 4.36. The molecule has 0 unspecified atom stereocenters. The second kappa shape index (κ2) is 6.72. The molecule has 0 aliphatic heterocycles. The SMILES string of the molecule is Cc1ncn2ncn(Cc3nc(CCc4ccc(Cl)cc4)no3)c(=O)c12. The Bertz CT molecular complexity index is 1110. The Labute approximate surface area is 153 Å². The molecule has 26 heavy (non-hydrogen) atoms. The molecule has 0 fully saturated rings. The topological polar surface area (TPSA) is 91.1 Å². The van der Waals surface area contributed by atoms with Crippen molar-refractivity contribution in [1.29, 1.82) is 0 Å². The van der Waals surface area contributed by atoms with Crippen molar-refractivity contribution >= 4 is 17.1 Å². The van der Waals surface area contributed by atoms with E-state index in [4.69, 9.17) is 16.1 Å². The molecule has 0 aliphatic rings. The van der Waals surface area contributed by atoms with Crippen LogP contribution in [0.4, 0.5) is 0 Å². The normalized spacial score (nSPS) is 11.3. The second-order valence-corrected chi connectivity index (χ2v) is 6.35. The number of benzene rings is 1. The number of rotatable bonds is 5. The molecule has 0 N–H and O–H groups in total. The molecule has 4 aromatic rings. The summed E-state index contributed by atoms with van der Waals surface area (Å²) in [7, 11) is 0. The van der Waals surface area contributed by atoms with Crippen LogP contribution >= 0.6 is 11.6 Å². The average molecular weight is 371 g/mol. The van der Waals surface area contributed by atoms with E-state index in [-0.39, 0.29) is 12.1 Å². The number of halogens is 1. The minimum atomic E-state index is -0.198. The molecule has 8 nitrogen and oxygen atoms in total. The Balaban J connectivity index is 1.48. The predicted octanol–water partition coefficient (Wildman–Crippen LogP) is 2.07. The molecule has 4 rings (SSSR count). The van der Waals surface area contributed by atoms with E-state index in [1.165, 1.54) is 21.7 Å². The molecule has 0 amide bonds. The van der Waals surface area contributed by atoms with Gasteiger partial charge in [-0.05, 0) is 31.0 Å². The molecule has 3 heterocycles. The molecule has 3 aromatic heterocycles. The zero-order chi connectivity index (χ0) is 18.1. The van der Waals surface area contributed by atoms with Crippen LogP contribution in [-0.4, -0.2) is 29.3 Å². The van der Waals surface area contributed by atoms with E-state index in [1.807, 2.05) is 24.3 Å². The predicted molar refractivity (Wildman–Crippen MR) is 94.2 cm³/mol. The third-order valence-electron chi connectivity index (χ3n) is 4.08. The van der Waals surface area contributed by atoms with Crippen molar-refractivity contribution in [3.63, 3.8) is 0 Å². The number of aromatic nitrogens is 6. The van der Waals surface area contributed by atoms with E-state index in [9.17, 15) is 4.79 Å². The minimum Gasteiger partial charge on any atom is -0.337 e. The molecule has 0 atom stereocenters. The van der Waals surface area contributed by atoms with Crippen LogP contribution in [0.25, 0.3) is 5.52 Å². The highest BCUT2D eigenvalue weighted by Gasteiger charge is 2.12. The average Bonchev–Trinajstić information content (AvgIpc) is 3.24. The van der Waals surface area contributed by atoms with Gasteiger partial charge < -0.3 is 4.52 Å². The van der Waals surface area contributed by atoms with Gasteiger partial charge in [-0.1, -0.05) is 28.9 Å². The van der Waals surface area contributed by atoms with Gasteiger partial charge in [0.15, 0.2) is 11.3 Å². The summed E-state index contributed by atoms with van der Waals surface area (Å²) in [5.41, 5.74) is 2.01. The van der Waals surface area contributed by atoms with Gasteiger partial charge in [0.1, 0.15) is 19.2 Å². The van der Waals surface area contributed by atoms with Gasteiger partial charge in [0, 0.05) is 11.4 Å². The van der Waals surface area contributed by atoms with Gasteiger partial charge in [0.05, 0.1) is 5.69 Å². The molecule has 132 valence electrons. The number of hydrogen-bond donors (Lipinski definition) is 0. The van der Waals surface area contributed by atoms with E-state index < -0.39 is 0 Å². The molecular formula is C17H15ClN6O2. The van der Waals surface area contributed by atoms with Crippen LogP contribution in [0.15, 0.2) is 46.2 Å². The fourth-order valence-corrected chi connectivity index (χ4v) is 2.82. The summed E-state index contributed by atoms with van der Waals surface area (Å²) in [5, 5.41) is 8.85. The third kappa shape index (κ3) is 3.23. The van der Waals surface area contributed by atoms with Crippen molar-refractivity contribution in [1.82, 2.24) is 29.3 Å². The number of fused-ring (bicyclic) bond motifs is 1. The first-order chi connectivity index (χ1) is 12.6. The van der Waals surface area contributed by atoms with Gasteiger partial charge in [0.2, 0.25) is 5.89 Å². The van der Waals surface area contributed by atoms with E-state index in [0.29, 0.717) is 34.4 Å². The van der Waals surface area contributed by atoms with Crippen molar-refractivity contribution in [2.75, 3.05) is 0 Å². The smallest absolute Gasteiger partial charge is 0.280 e. The molecular weight excluding hydrogens is 356 g/mol. The Morgan fingerprint density at radius 2 is 1.96 bits per heavy atom. The summed E-state index contributed by atoms with van der Waals surface area (Å²) in [4.78, 5) is 21.0. The van der Waals surface area contributed by atoms with Crippen molar-refractivity contribution < 1.29 is 4.52 Å². The summed E-state index contributed by atoms with van der Waals surface area (Å²) in [6.45, 7) is 1.94. The third-order valence-corrected chi connectivity index (χ3v) is 4.33. The molecule has 1 aromatic carbocycles. The van der Waals surface area contributed by atoms with Crippen molar-refractivity contribution in [2.24, 2.45) is 0 Å². The van der Waals surface area contributed by atoms with Crippen LogP contribution in [0.5, 0.6) is 0 Å². The highest BCUT2D eigenvalue weighted by Crippen LogP contribution is 2.11. The summed E-state index contributed by atoms with van der Waals surface area (Å²) >= 11 is 5.88. The Morgan fingerprint density at radius 1 is 1.15 bits per heavy atom.